The number of benzene rings is 2. The summed E-state index contributed by atoms with van der Waals surface area (Å²) in [5, 5.41) is 102. The van der Waals surface area contributed by atoms with Gasteiger partial charge >= 0.3 is 0 Å². The Labute approximate surface area is 490 Å². The average Bonchev–Trinajstić information content (AvgIpc) is 3.35. The number of amides is 6. The highest BCUT2D eigenvalue weighted by atomic mass is 127. The summed E-state index contributed by atoms with van der Waals surface area (Å²) in [6.07, 6.45) is 0. The third-order valence-corrected chi connectivity index (χ3v) is 15.9. The monoisotopic (exact) mass is 1680 g/mol. The minimum absolute atomic E-state index is 0.0391. The first-order valence-electron chi connectivity index (χ1n) is 21.2. The number of carbonyl (C=O) groups is 6. The number of nitrogens with zero attached hydrogens (tertiary/aromatic N) is 6. The summed E-state index contributed by atoms with van der Waals surface area (Å²) >= 11 is 10.5. The van der Waals surface area contributed by atoms with Crippen LogP contribution in [0.15, 0.2) is 12.1 Å². The topological polar surface area (TPSA) is 343 Å². The maximum absolute atomic E-state index is 14.2. The van der Waals surface area contributed by atoms with Crippen LogP contribution in [0.2, 0.25) is 0 Å². The molecule has 0 atom stereocenters. The van der Waals surface area contributed by atoms with Crippen molar-refractivity contribution in [2.24, 2.45) is 5.41 Å². The maximum atomic E-state index is 14.2. The van der Waals surface area contributed by atoms with Crippen LogP contribution in [0.1, 0.15) is 41.4 Å². The Morgan fingerprint density at radius 3 is 0.901 bits per heavy atom. The predicted octanol–water partition coefficient (Wildman–Crippen LogP) is -1.40. The second-order valence-corrected chi connectivity index (χ2v) is 20.8. The fraction of sp³-hybridized carbons (Fsp3) is 0.561. The van der Waals surface area contributed by atoms with Gasteiger partial charge in [-0.25, -0.2) is 0 Å². The van der Waals surface area contributed by atoms with Gasteiger partial charge in [-0.15, -0.1) is 0 Å². The highest BCUT2D eigenvalue weighted by Gasteiger charge is 2.40. The van der Waals surface area contributed by atoms with Crippen LogP contribution in [-0.4, -0.2) is 257 Å². The van der Waals surface area contributed by atoms with Gasteiger partial charge < -0.3 is 80.3 Å². The second kappa shape index (κ2) is 33.8. The summed E-state index contributed by atoms with van der Waals surface area (Å²) in [7, 11) is 0. The number of halogens is 6. The molecule has 0 radical (unpaired) electrons. The van der Waals surface area contributed by atoms with Crippen LogP contribution in [0, 0.1) is 19.7 Å². The Balaban J connectivity index is 2.94. The lowest BCUT2D eigenvalue weighted by atomic mass is 9.89. The molecule has 24 nitrogen and oxygen atoms in total. The molecule has 0 unspecified atom stereocenters. The standard InChI is InChI=1S/C41H56I6N6O18/c42-19-29(64)52(70-27-17-25(37(66)48(1-9-54)2-10-55)33(44)31(35(27)46)39(68)50(5-13-58)6-14-59)21-41(23-62,24-63)22-53(30(65)20-43)71-28-18-26(38(67)49(3-11-56)4-12-57)34(45)32(36(28)47)40(69)51(7-15-60)8-16-61/h17-18,54-63H,1-16,19-24H2. The van der Waals surface area contributed by atoms with Crippen LogP contribution < -0.4 is 9.68 Å². The van der Waals surface area contributed by atoms with Crippen molar-refractivity contribution >= 4 is 171 Å². The van der Waals surface area contributed by atoms with Gasteiger partial charge in [-0.05, 0) is 102 Å². The van der Waals surface area contributed by atoms with Crippen LogP contribution in [0.4, 0.5) is 0 Å². The van der Waals surface area contributed by atoms with Gasteiger partial charge in [0.15, 0.2) is 11.5 Å². The van der Waals surface area contributed by atoms with Crippen molar-refractivity contribution < 1.29 is 89.5 Å². The van der Waals surface area contributed by atoms with Crippen molar-refractivity contribution in [3.8, 4) is 11.5 Å². The third kappa shape index (κ3) is 18.0. The Hall–Kier alpha value is -1.16. The van der Waals surface area contributed by atoms with Crippen molar-refractivity contribution in [2.75, 3.05) is 140 Å². The van der Waals surface area contributed by atoms with Gasteiger partial charge in [0, 0.05) is 59.5 Å². The molecule has 6 amide bonds. The van der Waals surface area contributed by atoms with Gasteiger partial charge in [0.1, 0.15) is 0 Å². The van der Waals surface area contributed by atoms with E-state index in [4.69, 9.17) is 9.68 Å². The summed E-state index contributed by atoms with van der Waals surface area (Å²) in [6, 6.07) is 2.44. The Kier molecular flexibility index (Phi) is 31.4. The normalized spacial score (nSPS) is 11.3. The van der Waals surface area contributed by atoms with Crippen molar-refractivity contribution in [3.05, 3.63) is 48.7 Å². The number of aliphatic hydroxyl groups is 10. The van der Waals surface area contributed by atoms with Crippen LogP contribution in [0.5, 0.6) is 11.5 Å². The number of aliphatic hydroxyl groups excluding tert-OH is 10. The lowest BCUT2D eigenvalue weighted by Crippen LogP contribution is -2.54. The number of hydrogen-bond donors (Lipinski definition) is 10. The smallest absolute Gasteiger partial charge is 0.264 e. The van der Waals surface area contributed by atoms with E-state index < -0.39 is 120 Å². The van der Waals surface area contributed by atoms with Crippen molar-refractivity contribution in [1.82, 2.24) is 29.7 Å². The summed E-state index contributed by atoms with van der Waals surface area (Å²) < 4.78 is -0.318. The molecule has 0 saturated heterocycles. The fourth-order valence-corrected chi connectivity index (χ4v) is 11.6. The number of rotatable bonds is 32. The van der Waals surface area contributed by atoms with E-state index >= 15 is 0 Å². The molecule has 10 N–H and O–H groups in total. The minimum atomic E-state index is -1.93. The van der Waals surface area contributed by atoms with E-state index in [2.05, 4.69) is 0 Å². The second-order valence-electron chi connectivity index (χ2n) is 14.9. The zero-order valence-electron chi connectivity index (χ0n) is 37.9. The van der Waals surface area contributed by atoms with Gasteiger partial charge in [-0.2, -0.15) is 10.1 Å². The van der Waals surface area contributed by atoms with Gasteiger partial charge in [-0.3, -0.25) is 28.8 Å². The maximum Gasteiger partial charge on any atom is 0.264 e. The van der Waals surface area contributed by atoms with Gasteiger partial charge in [-0.1, -0.05) is 45.2 Å². The van der Waals surface area contributed by atoms with Gasteiger partial charge in [0.2, 0.25) is 0 Å². The molecule has 30 heteroatoms. The molecular formula is C41H56I6N6O18. The first-order chi connectivity index (χ1) is 33.8. The van der Waals surface area contributed by atoms with E-state index in [1.165, 1.54) is 12.1 Å². The van der Waals surface area contributed by atoms with Crippen molar-refractivity contribution in [1.29, 1.82) is 0 Å². The highest BCUT2D eigenvalue weighted by molar-refractivity contribution is 14.1. The average molecular weight is 1680 g/mol. The quantitative estimate of drug-likeness (QED) is 0.0229. The Morgan fingerprint density at radius 2 is 0.676 bits per heavy atom. The molecule has 71 heavy (non-hydrogen) atoms. The molecule has 2 aromatic carbocycles. The molecule has 0 aliphatic rings. The Bertz CT molecular complexity index is 1960. The van der Waals surface area contributed by atoms with Crippen molar-refractivity contribution in [2.45, 2.75) is 0 Å². The predicted molar refractivity (Wildman–Crippen MR) is 303 cm³/mol. The van der Waals surface area contributed by atoms with Crippen LogP contribution in [-0.2, 0) is 9.59 Å². The first kappa shape index (κ1) is 66.0. The van der Waals surface area contributed by atoms with E-state index in [9.17, 15) is 79.8 Å². The Morgan fingerprint density at radius 1 is 0.423 bits per heavy atom. The number of alkyl halides is 2. The first-order valence-corrected chi connectivity index (χ1v) is 28.6. The molecule has 2 rings (SSSR count). The minimum Gasteiger partial charge on any atom is -0.396 e. The summed E-state index contributed by atoms with van der Waals surface area (Å²) in [4.78, 5) is 101. The molecule has 0 aliphatic heterocycles. The zero-order valence-corrected chi connectivity index (χ0v) is 50.8. The van der Waals surface area contributed by atoms with Crippen LogP contribution in [0.25, 0.3) is 0 Å². The fourth-order valence-electron chi connectivity index (χ4n) is 6.55. The number of hydrogen-bond acceptors (Lipinski definition) is 18. The molecule has 400 valence electrons. The van der Waals surface area contributed by atoms with Gasteiger partial charge in [0.25, 0.3) is 35.4 Å². The van der Waals surface area contributed by atoms with Crippen LogP contribution >= 0.6 is 136 Å². The molecule has 0 heterocycles. The molecular weight excluding hydrogens is 1630 g/mol. The third-order valence-electron chi connectivity index (χ3n) is 10.2. The van der Waals surface area contributed by atoms with E-state index in [0.29, 0.717) is 0 Å². The SMILES string of the molecule is O=C(c1cc(ON(CC(CO)(CO)CN(Oc2cc(C(=O)N(CCO)CCO)c(I)c(C(=O)N(CCO)CCO)c2I)C(=O)CI)C(=O)CI)c(I)c(C(=O)N(CCO)CCO)c1I)N(CCO)CCO. The summed E-state index contributed by atoms with van der Waals surface area (Å²) in [5.74, 6) is -5.10. The molecule has 0 aromatic heterocycles. The highest BCUT2D eigenvalue weighted by Crippen LogP contribution is 2.37. The van der Waals surface area contributed by atoms with E-state index in [1.54, 1.807) is 136 Å². The number of hydroxylamine groups is 4. The van der Waals surface area contributed by atoms with Gasteiger partial charge in [0.05, 0.1) is 123 Å². The molecule has 0 spiro atoms. The lowest BCUT2D eigenvalue weighted by Gasteiger charge is -2.38. The molecule has 0 aliphatic carbocycles. The largest absolute Gasteiger partial charge is 0.396 e. The molecule has 0 bridgehead atoms. The zero-order chi connectivity index (χ0) is 53.6. The molecule has 0 fully saturated rings. The summed E-state index contributed by atoms with van der Waals surface area (Å²) in [5.41, 5.74) is -2.55. The summed E-state index contributed by atoms with van der Waals surface area (Å²) in [6.45, 7) is -9.05. The van der Waals surface area contributed by atoms with E-state index in [1.807, 2.05) is 0 Å². The molecule has 0 saturated carbocycles. The van der Waals surface area contributed by atoms with E-state index in [0.717, 1.165) is 29.7 Å². The molecule has 2 aromatic rings. The van der Waals surface area contributed by atoms with Crippen LogP contribution in [0.3, 0.4) is 0 Å². The lowest BCUT2D eigenvalue weighted by molar-refractivity contribution is -0.177. The number of carbonyl (C=O) groups excluding carboxylic acids is 6. The van der Waals surface area contributed by atoms with E-state index in [-0.39, 0.29) is 109 Å². The van der Waals surface area contributed by atoms with Crippen molar-refractivity contribution in [3.63, 3.8) is 0 Å².